The standard InChI is InChI=1S/C21H28FN5/c1-16-15-20(25-21(23-16)24-18-5-3-2-4-6-18)27-13-11-26(12-14-27)19-9-7-17(22)8-10-19/h7-10,15,18H,2-6,11-14H2,1H3,(H,23,24,25). The number of aromatic nitrogens is 2. The molecule has 1 aliphatic heterocycles. The molecule has 0 amide bonds. The fourth-order valence-corrected chi connectivity index (χ4v) is 4.05. The van der Waals surface area contributed by atoms with Crippen molar-refractivity contribution < 1.29 is 4.39 Å². The van der Waals surface area contributed by atoms with E-state index in [4.69, 9.17) is 4.98 Å². The Morgan fingerprint density at radius 2 is 1.59 bits per heavy atom. The average Bonchev–Trinajstić information content (AvgIpc) is 2.69. The van der Waals surface area contributed by atoms with Gasteiger partial charge in [0.2, 0.25) is 5.95 Å². The summed E-state index contributed by atoms with van der Waals surface area (Å²) in [4.78, 5) is 14.0. The third kappa shape index (κ3) is 4.49. The van der Waals surface area contributed by atoms with Crippen molar-refractivity contribution in [3.05, 3.63) is 41.8 Å². The summed E-state index contributed by atoms with van der Waals surface area (Å²) in [6.45, 7) is 5.64. The highest BCUT2D eigenvalue weighted by Gasteiger charge is 2.20. The van der Waals surface area contributed by atoms with Crippen molar-refractivity contribution in [3.8, 4) is 0 Å². The lowest BCUT2D eigenvalue weighted by atomic mass is 9.96. The molecule has 1 aliphatic carbocycles. The average molecular weight is 369 g/mol. The minimum Gasteiger partial charge on any atom is -0.368 e. The van der Waals surface area contributed by atoms with Crippen molar-refractivity contribution in [1.29, 1.82) is 0 Å². The van der Waals surface area contributed by atoms with E-state index in [1.807, 2.05) is 19.1 Å². The third-order valence-corrected chi connectivity index (χ3v) is 5.57. The zero-order valence-corrected chi connectivity index (χ0v) is 16.0. The molecule has 2 aromatic rings. The smallest absolute Gasteiger partial charge is 0.225 e. The van der Waals surface area contributed by atoms with Crippen molar-refractivity contribution in [2.75, 3.05) is 41.3 Å². The van der Waals surface area contributed by atoms with Gasteiger partial charge in [-0.3, -0.25) is 0 Å². The van der Waals surface area contributed by atoms with Gasteiger partial charge in [0.05, 0.1) is 0 Å². The Morgan fingerprint density at radius 3 is 2.30 bits per heavy atom. The molecule has 1 saturated carbocycles. The van der Waals surface area contributed by atoms with Crippen molar-refractivity contribution in [2.45, 2.75) is 45.1 Å². The molecule has 0 bridgehead atoms. The normalized spacial score (nSPS) is 18.6. The van der Waals surface area contributed by atoms with Gasteiger partial charge in [-0.15, -0.1) is 0 Å². The van der Waals surface area contributed by atoms with Gasteiger partial charge in [0.1, 0.15) is 11.6 Å². The summed E-state index contributed by atoms with van der Waals surface area (Å²) in [5.74, 6) is 1.57. The van der Waals surface area contributed by atoms with E-state index in [0.29, 0.717) is 6.04 Å². The zero-order chi connectivity index (χ0) is 18.6. The molecule has 2 aliphatic rings. The molecule has 6 heteroatoms. The largest absolute Gasteiger partial charge is 0.368 e. The summed E-state index contributed by atoms with van der Waals surface area (Å²) in [6, 6.07) is 9.33. The highest BCUT2D eigenvalue weighted by molar-refractivity contribution is 5.50. The van der Waals surface area contributed by atoms with Crippen LogP contribution in [0.5, 0.6) is 0 Å². The monoisotopic (exact) mass is 369 g/mol. The number of rotatable bonds is 4. The predicted molar refractivity (Wildman–Crippen MR) is 108 cm³/mol. The summed E-state index contributed by atoms with van der Waals surface area (Å²) in [7, 11) is 0. The van der Waals surface area contributed by atoms with Crippen molar-refractivity contribution in [3.63, 3.8) is 0 Å². The van der Waals surface area contributed by atoms with Crippen molar-refractivity contribution in [1.82, 2.24) is 9.97 Å². The molecule has 2 heterocycles. The molecule has 5 nitrogen and oxygen atoms in total. The minimum absolute atomic E-state index is 0.188. The molecule has 4 rings (SSSR count). The number of aryl methyl sites for hydroxylation is 1. The van der Waals surface area contributed by atoms with E-state index in [9.17, 15) is 4.39 Å². The lowest BCUT2D eigenvalue weighted by Gasteiger charge is -2.37. The summed E-state index contributed by atoms with van der Waals surface area (Å²) in [5, 5.41) is 3.55. The van der Waals surface area contributed by atoms with Gasteiger partial charge in [-0.25, -0.2) is 9.37 Å². The van der Waals surface area contributed by atoms with Crippen LogP contribution in [-0.2, 0) is 0 Å². The zero-order valence-electron chi connectivity index (χ0n) is 16.0. The van der Waals surface area contributed by atoms with Gasteiger partial charge >= 0.3 is 0 Å². The fourth-order valence-electron chi connectivity index (χ4n) is 4.05. The lowest BCUT2D eigenvalue weighted by molar-refractivity contribution is 0.460. The van der Waals surface area contributed by atoms with Crippen LogP contribution in [0.25, 0.3) is 0 Å². The van der Waals surface area contributed by atoms with Crippen LogP contribution >= 0.6 is 0 Å². The lowest BCUT2D eigenvalue weighted by Crippen LogP contribution is -2.47. The van der Waals surface area contributed by atoms with Gasteiger partial charge in [0.15, 0.2) is 0 Å². The Morgan fingerprint density at radius 1 is 0.926 bits per heavy atom. The number of benzene rings is 1. The van der Waals surface area contributed by atoms with E-state index >= 15 is 0 Å². The second-order valence-electron chi connectivity index (χ2n) is 7.62. The number of hydrogen-bond donors (Lipinski definition) is 1. The SMILES string of the molecule is Cc1cc(N2CCN(c3ccc(F)cc3)CC2)nc(NC2CCCCC2)n1. The van der Waals surface area contributed by atoms with Crippen LogP contribution in [0.2, 0.25) is 0 Å². The molecule has 2 fully saturated rings. The van der Waals surface area contributed by atoms with Gasteiger partial charge in [-0.05, 0) is 44.0 Å². The van der Waals surface area contributed by atoms with Gasteiger partial charge in [-0.1, -0.05) is 19.3 Å². The molecule has 0 spiro atoms. The summed E-state index contributed by atoms with van der Waals surface area (Å²) >= 11 is 0. The van der Waals surface area contributed by atoms with Crippen LogP contribution in [-0.4, -0.2) is 42.2 Å². The van der Waals surface area contributed by atoms with E-state index in [-0.39, 0.29) is 5.82 Å². The van der Waals surface area contributed by atoms with Crippen LogP contribution < -0.4 is 15.1 Å². The Hall–Kier alpha value is -2.37. The Kier molecular flexibility index (Phi) is 5.41. The molecule has 1 N–H and O–H groups in total. The van der Waals surface area contributed by atoms with E-state index < -0.39 is 0 Å². The molecule has 1 aromatic carbocycles. The predicted octanol–water partition coefficient (Wildman–Crippen LogP) is 4.00. The van der Waals surface area contributed by atoms with Gasteiger partial charge in [0.25, 0.3) is 0 Å². The number of piperazine rings is 1. The third-order valence-electron chi connectivity index (χ3n) is 5.57. The molecule has 1 aromatic heterocycles. The van der Waals surface area contributed by atoms with E-state index in [2.05, 4.69) is 26.2 Å². The number of halogens is 1. The van der Waals surface area contributed by atoms with E-state index in [0.717, 1.165) is 49.3 Å². The molecule has 1 saturated heterocycles. The van der Waals surface area contributed by atoms with Crippen LogP contribution in [0.15, 0.2) is 30.3 Å². The second-order valence-corrected chi connectivity index (χ2v) is 7.62. The molecular formula is C21H28FN5. The first-order chi connectivity index (χ1) is 13.2. The van der Waals surface area contributed by atoms with Crippen molar-refractivity contribution >= 4 is 17.5 Å². The highest BCUT2D eigenvalue weighted by atomic mass is 19.1. The molecule has 0 radical (unpaired) electrons. The maximum atomic E-state index is 13.1. The maximum absolute atomic E-state index is 13.1. The first-order valence-electron chi connectivity index (χ1n) is 10.0. The Labute approximate surface area is 160 Å². The number of nitrogens with zero attached hydrogens (tertiary/aromatic N) is 4. The fraction of sp³-hybridized carbons (Fsp3) is 0.524. The number of nitrogens with one attached hydrogen (secondary N) is 1. The molecule has 144 valence electrons. The minimum atomic E-state index is -0.188. The first-order valence-corrected chi connectivity index (χ1v) is 10.0. The summed E-state index contributed by atoms with van der Waals surface area (Å²) in [5.41, 5.74) is 2.08. The molecule has 27 heavy (non-hydrogen) atoms. The topological polar surface area (TPSA) is 44.3 Å². The molecule has 0 unspecified atom stereocenters. The first kappa shape index (κ1) is 18.0. The van der Waals surface area contributed by atoms with Gasteiger partial charge in [-0.2, -0.15) is 4.98 Å². The Balaban J connectivity index is 1.40. The van der Waals surface area contributed by atoms with Gasteiger partial charge in [0, 0.05) is 49.7 Å². The summed E-state index contributed by atoms with van der Waals surface area (Å²) in [6.07, 6.45) is 6.35. The number of hydrogen-bond acceptors (Lipinski definition) is 5. The van der Waals surface area contributed by atoms with E-state index in [1.165, 1.54) is 44.2 Å². The van der Waals surface area contributed by atoms with Crippen LogP contribution in [0.4, 0.5) is 21.8 Å². The van der Waals surface area contributed by atoms with Gasteiger partial charge < -0.3 is 15.1 Å². The van der Waals surface area contributed by atoms with Crippen LogP contribution in [0, 0.1) is 12.7 Å². The second kappa shape index (κ2) is 8.11. The van der Waals surface area contributed by atoms with Crippen LogP contribution in [0.3, 0.4) is 0 Å². The maximum Gasteiger partial charge on any atom is 0.225 e. The highest BCUT2D eigenvalue weighted by Crippen LogP contribution is 2.23. The van der Waals surface area contributed by atoms with Crippen molar-refractivity contribution in [2.24, 2.45) is 0 Å². The summed E-state index contributed by atoms with van der Waals surface area (Å²) < 4.78 is 13.1. The van der Waals surface area contributed by atoms with Crippen LogP contribution in [0.1, 0.15) is 37.8 Å². The Bertz CT molecular complexity index is 750. The molecule has 0 atom stereocenters. The molecular weight excluding hydrogens is 341 g/mol. The van der Waals surface area contributed by atoms with E-state index in [1.54, 1.807) is 0 Å². The number of anilines is 3. The quantitative estimate of drug-likeness (QED) is 0.883.